The van der Waals surface area contributed by atoms with Gasteiger partial charge in [0.05, 0.1) is 0 Å². The molecular weight excluding hydrogens is 653 g/mol. The zero-order chi connectivity index (χ0) is 38.1. The normalized spacial score (nSPS) is 11.4. The number of nitrogen functional groups attached to an aromatic ring is 2. The maximum atomic E-state index is 5.93. The number of anilines is 2. The Balaban J connectivity index is 1.11. The van der Waals surface area contributed by atoms with Gasteiger partial charge >= 0.3 is 0 Å². The average Bonchev–Trinajstić information content (AvgIpc) is 3.18. The first kappa shape index (κ1) is 43.2. The van der Waals surface area contributed by atoms with Crippen molar-refractivity contribution in [3.8, 4) is 0 Å². The Hall–Kier alpha value is -3.52. The maximum Gasteiger partial charge on any atom is 0.0314 e. The van der Waals surface area contributed by atoms with Gasteiger partial charge in [-0.25, -0.2) is 0 Å². The lowest BCUT2D eigenvalue weighted by molar-refractivity contribution is 0.550. The van der Waals surface area contributed by atoms with Crippen LogP contribution in [0.2, 0.25) is 0 Å². The number of unbranched alkanes of at least 4 members (excludes halogenated alkanes) is 17. The van der Waals surface area contributed by atoms with Crippen molar-refractivity contribution in [3.63, 3.8) is 0 Å². The average molecular weight is 729 g/mol. The highest BCUT2D eigenvalue weighted by Gasteiger charge is 2.08. The van der Waals surface area contributed by atoms with Gasteiger partial charge in [-0.3, -0.25) is 0 Å². The summed E-state index contributed by atoms with van der Waals surface area (Å²) < 4.78 is 0. The molecule has 0 aromatic heterocycles. The number of aryl methyl sites for hydroxylation is 4. The van der Waals surface area contributed by atoms with Gasteiger partial charge in [-0.15, -0.1) is 0 Å². The first-order chi connectivity index (χ1) is 26.5. The van der Waals surface area contributed by atoms with Crippen molar-refractivity contribution in [2.24, 2.45) is 0 Å². The van der Waals surface area contributed by atoms with Crippen LogP contribution < -0.4 is 11.5 Å². The summed E-state index contributed by atoms with van der Waals surface area (Å²) in [4.78, 5) is 0. The van der Waals surface area contributed by atoms with Crippen LogP contribution in [0.5, 0.6) is 0 Å². The highest BCUT2D eigenvalue weighted by Crippen LogP contribution is 2.24. The standard InChI is InChI=1S/C52H76N2/c1-3-5-7-15-21-25-49-41-45(39-43-29-35-51(53)36-30-43)27-33-47(49)23-19-17-13-11-9-10-12-14-18-20-24-48-34-28-46(40-44-31-37-52(54)38-32-44)42-50(48)26-22-16-8-6-4-2/h27-38,41-42H,3-26,39-40,53-54H2,1-2H3. The molecule has 0 aliphatic carbocycles. The highest BCUT2D eigenvalue weighted by atomic mass is 14.5. The van der Waals surface area contributed by atoms with Crippen LogP contribution >= 0.6 is 0 Å². The quantitative estimate of drug-likeness (QED) is 0.0432. The van der Waals surface area contributed by atoms with Crippen molar-refractivity contribution in [2.75, 3.05) is 11.5 Å². The molecule has 0 spiro atoms. The highest BCUT2D eigenvalue weighted by molar-refractivity contribution is 5.43. The van der Waals surface area contributed by atoms with Gasteiger partial charge in [0, 0.05) is 11.4 Å². The summed E-state index contributed by atoms with van der Waals surface area (Å²) in [7, 11) is 0. The van der Waals surface area contributed by atoms with E-state index in [1.165, 1.54) is 176 Å². The van der Waals surface area contributed by atoms with E-state index in [9.17, 15) is 0 Å². The van der Waals surface area contributed by atoms with Crippen LogP contribution in [0.25, 0.3) is 0 Å². The molecule has 54 heavy (non-hydrogen) atoms. The largest absolute Gasteiger partial charge is 0.399 e. The Morgan fingerprint density at radius 3 is 0.907 bits per heavy atom. The summed E-state index contributed by atoms with van der Waals surface area (Å²) in [5.41, 5.74) is 25.5. The molecule has 0 aliphatic rings. The zero-order valence-electron chi connectivity index (χ0n) is 34.6. The first-order valence-electron chi connectivity index (χ1n) is 22.4. The predicted octanol–water partition coefficient (Wildman–Crippen LogP) is 14.7. The summed E-state index contributed by atoms with van der Waals surface area (Å²) in [6, 6.07) is 31.5. The van der Waals surface area contributed by atoms with Crippen molar-refractivity contribution in [2.45, 2.75) is 181 Å². The molecule has 2 heteroatoms. The molecule has 0 saturated heterocycles. The van der Waals surface area contributed by atoms with Crippen molar-refractivity contribution in [3.05, 3.63) is 129 Å². The lowest BCUT2D eigenvalue weighted by atomic mass is 9.92. The summed E-state index contributed by atoms with van der Waals surface area (Å²) in [6.07, 6.45) is 34.1. The van der Waals surface area contributed by atoms with Crippen LogP contribution in [-0.4, -0.2) is 0 Å². The van der Waals surface area contributed by atoms with Crippen molar-refractivity contribution >= 4 is 11.4 Å². The van der Waals surface area contributed by atoms with E-state index in [0.29, 0.717) is 0 Å². The molecule has 0 unspecified atom stereocenters. The van der Waals surface area contributed by atoms with E-state index in [1.54, 1.807) is 22.3 Å². The van der Waals surface area contributed by atoms with Crippen LogP contribution in [0.15, 0.2) is 84.9 Å². The molecule has 0 radical (unpaired) electrons. The third-order valence-corrected chi connectivity index (χ3v) is 11.6. The van der Waals surface area contributed by atoms with Crippen LogP contribution in [0.1, 0.15) is 187 Å². The monoisotopic (exact) mass is 729 g/mol. The summed E-state index contributed by atoms with van der Waals surface area (Å²) in [5, 5.41) is 0. The van der Waals surface area contributed by atoms with Gasteiger partial charge in [0.2, 0.25) is 0 Å². The Morgan fingerprint density at radius 2 is 0.574 bits per heavy atom. The number of hydrogen-bond acceptors (Lipinski definition) is 2. The van der Waals surface area contributed by atoms with E-state index in [4.69, 9.17) is 11.5 Å². The fourth-order valence-electron chi connectivity index (χ4n) is 8.16. The molecule has 0 bridgehead atoms. The molecule has 4 aromatic rings. The van der Waals surface area contributed by atoms with Crippen LogP contribution in [-0.2, 0) is 38.5 Å². The minimum absolute atomic E-state index is 0.842. The smallest absolute Gasteiger partial charge is 0.0314 e. The number of rotatable bonds is 29. The van der Waals surface area contributed by atoms with E-state index in [-0.39, 0.29) is 0 Å². The maximum absolute atomic E-state index is 5.93. The van der Waals surface area contributed by atoms with Crippen molar-refractivity contribution in [1.82, 2.24) is 0 Å². The third-order valence-electron chi connectivity index (χ3n) is 11.6. The van der Waals surface area contributed by atoms with Crippen LogP contribution in [0.3, 0.4) is 0 Å². The zero-order valence-corrected chi connectivity index (χ0v) is 34.6. The molecule has 4 rings (SSSR count). The molecule has 0 amide bonds. The van der Waals surface area contributed by atoms with Gasteiger partial charge in [0.15, 0.2) is 0 Å². The third kappa shape index (κ3) is 17.3. The fraction of sp³-hybridized carbons (Fsp3) is 0.538. The van der Waals surface area contributed by atoms with Gasteiger partial charge in [-0.2, -0.15) is 0 Å². The van der Waals surface area contributed by atoms with E-state index in [0.717, 1.165) is 24.2 Å². The SMILES string of the molecule is CCCCCCCc1cc(Cc2ccc(N)cc2)ccc1CCCCCCCCCCCCc1ccc(Cc2ccc(N)cc2)cc1CCCCCCC. The second kappa shape index (κ2) is 26.3. The van der Waals surface area contributed by atoms with E-state index in [1.807, 2.05) is 24.3 Å². The molecule has 0 heterocycles. The number of nitrogens with two attached hydrogens (primary N) is 2. The van der Waals surface area contributed by atoms with E-state index >= 15 is 0 Å². The fourth-order valence-corrected chi connectivity index (χ4v) is 8.16. The predicted molar refractivity (Wildman–Crippen MR) is 239 cm³/mol. The molecule has 0 fully saturated rings. The molecular formula is C52H76N2. The van der Waals surface area contributed by atoms with Gasteiger partial charge in [-0.1, -0.05) is 177 Å². The molecule has 2 nitrogen and oxygen atoms in total. The number of benzene rings is 4. The van der Waals surface area contributed by atoms with Crippen LogP contribution in [0, 0.1) is 0 Å². The van der Waals surface area contributed by atoms with Crippen molar-refractivity contribution < 1.29 is 0 Å². The lowest BCUT2D eigenvalue weighted by Crippen LogP contribution is -1.99. The van der Waals surface area contributed by atoms with Gasteiger partial charge < -0.3 is 11.5 Å². The van der Waals surface area contributed by atoms with Crippen LogP contribution in [0.4, 0.5) is 11.4 Å². The minimum atomic E-state index is 0.842. The van der Waals surface area contributed by atoms with Gasteiger partial charge in [0.25, 0.3) is 0 Å². The van der Waals surface area contributed by atoms with Crippen molar-refractivity contribution in [1.29, 1.82) is 0 Å². The Bertz CT molecular complexity index is 1430. The molecule has 0 aliphatic heterocycles. The summed E-state index contributed by atoms with van der Waals surface area (Å²) in [5.74, 6) is 0. The van der Waals surface area contributed by atoms with E-state index in [2.05, 4.69) is 74.5 Å². The number of hydrogen-bond donors (Lipinski definition) is 2. The summed E-state index contributed by atoms with van der Waals surface area (Å²) in [6.45, 7) is 4.61. The Labute approximate surface area is 332 Å². The second-order valence-electron chi connectivity index (χ2n) is 16.4. The molecule has 4 aromatic carbocycles. The van der Waals surface area contributed by atoms with Gasteiger partial charge in [-0.05, 0) is 133 Å². The summed E-state index contributed by atoms with van der Waals surface area (Å²) >= 11 is 0. The second-order valence-corrected chi connectivity index (χ2v) is 16.4. The first-order valence-corrected chi connectivity index (χ1v) is 22.4. The Kier molecular flexibility index (Phi) is 21.1. The minimum Gasteiger partial charge on any atom is -0.399 e. The Morgan fingerprint density at radius 1 is 0.296 bits per heavy atom. The molecule has 294 valence electrons. The van der Waals surface area contributed by atoms with E-state index < -0.39 is 0 Å². The molecule has 0 saturated carbocycles. The van der Waals surface area contributed by atoms with Gasteiger partial charge in [0.1, 0.15) is 0 Å². The topological polar surface area (TPSA) is 52.0 Å². The lowest BCUT2D eigenvalue weighted by Gasteiger charge is -2.13. The molecule has 4 N–H and O–H groups in total. The molecule has 0 atom stereocenters.